The molecule has 0 bridgehead atoms. The summed E-state index contributed by atoms with van der Waals surface area (Å²) in [6.45, 7) is 4.14. The van der Waals surface area contributed by atoms with Gasteiger partial charge in [-0.3, -0.25) is 4.79 Å². The van der Waals surface area contributed by atoms with E-state index in [1.807, 2.05) is 30.5 Å². The van der Waals surface area contributed by atoms with Gasteiger partial charge >= 0.3 is 6.04 Å². The van der Waals surface area contributed by atoms with Gasteiger partial charge in [0.15, 0.2) is 0 Å². The summed E-state index contributed by atoms with van der Waals surface area (Å²) in [6.07, 6.45) is 1.86. The fourth-order valence-corrected chi connectivity index (χ4v) is 5.12. The van der Waals surface area contributed by atoms with Crippen molar-refractivity contribution in [2.24, 2.45) is 0 Å². The molecular formula is C32H21FIrNO-. The second kappa shape index (κ2) is 9.38. The molecule has 0 atom stereocenters. The monoisotopic (exact) mass is 647 g/mol. The van der Waals surface area contributed by atoms with Gasteiger partial charge in [-0.15, -0.1) is 34.9 Å². The number of hydrogen-bond donors (Lipinski definition) is 0. The average Bonchev–Trinajstić information content (AvgIpc) is 2.86. The van der Waals surface area contributed by atoms with Crippen molar-refractivity contribution >= 4 is 38.4 Å². The molecule has 0 saturated carbocycles. The predicted molar refractivity (Wildman–Crippen MR) is 141 cm³/mol. The standard InChI is InChI=1S/C32H21FNO.Ir/c1-19-15-20(2)17-23(16-19)31-29-10-8-22-18-21(7-9-24(22)28(29)13-14-34-31)25-11-12-30(32(33)35)27-6-4-3-5-26(25)27;/h3-16,18H,1-2H3;/q-1;. The Hall–Kier alpha value is -3.72. The van der Waals surface area contributed by atoms with Gasteiger partial charge in [-0.2, -0.15) is 4.39 Å². The van der Waals surface area contributed by atoms with E-state index >= 15 is 0 Å². The van der Waals surface area contributed by atoms with Crippen LogP contribution in [0.25, 0.3) is 54.7 Å². The van der Waals surface area contributed by atoms with Crippen LogP contribution in [0.4, 0.5) is 4.39 Å². The molecule has 0 saturated heterocycles. The van der Waals surface area contributed by atoms with Gasteiger partial charge in [-0.25, -0.2) is 0 Å². The van der Waals surface area contributed by atoms with Crippen molar-refractivity contribution in [3.8, 4) is 22.4 Å². The maximum Gasteiger partial charge on any atom is 0.332 e. The number of carbonyl (C=O) groups is 1. The molecule has 0 unspecified atom stereocenters. The van der Waals surface area contributed by atoms with E-state index in [1.165, 1.54) is 5.56 Å². The van der Waals surface area contributed by atoms with Crippen molar-refractivity contribution in [2.45, 2.75) is 13.8 Å². The van der Waals surface area contributed by atoms with Crippen molar-refractivity contribution in [1.82, 2.24) is 4.98 Å². The van der Waals surface area contributed by atoms with Gasteiger partial charge in [0, 0.05) is 26.3 Å². The molecule has 0 fully saturated rings. The van der Waals surface area contributed by atoms with E-state index < -0.39 is 6.04 Å². The zero-order valence-electron chi connectivity index (χ0n) is 19.7. The minimum absolute atomic E-state index is 0. The Morgan fingerprint density at radius 3 is 2.33 bits per heavy atom. The van der Waals surface area contributed by atoms with Crippen LogP contribution < -0.4 is 0 Å². The third kappa shape index (κ3) is 4.03. The molecule has 1 radical (unpaired) electrons. The Morgan fingerprint density at radius 1 is 0.778 bits per heavy atom. The number of benzene rings is 5. The first-order valence-electron chi connectivity index (χ1n) is 11.5. The van der Waals surface area contributed by atoms with Gasteiger partial charge < -0.3 is 4.98 Å². The van der Waals surface area contributed by atoms with Crippen LogP contribution in [0.5, 0.6) is 0 Å². The molecule has 0 aliphatic rings. The van der Waals surface area contributed by atoms with Crippen LogP contribution in [0.3, 0.4) is 0 Å². The van der Waals surface area contributed by atoms with E-state index in [-0.39, 0.29) is 25.7 Å². The van der Waals surface area contributed by atoms with E-state index in [1.54, 1.807) is 12.1 Å². The van der Waals surface area contributed by atoms with Crippen LogP contribution in [0, 0.1) is 19.9 Å². The molecule has 0 spiro atoms. The molecule has 4 heteroatoms. The fourth-order valence-electron chi connectivity index (χ4n) is 5.12. The molecule has 36 heavy (non-hydrogen) atoms. The van der Waals surface area contributed by atoms with Crippen molar-refractivity contribution < 1.29 is 29.3 Å². The minimum atomic E-state index is -1.41. The van der Waals surface area contributed by atoms with Crippen LogP contribution in [0.15, 0.2) is 91.1 Å². The predicted octanol–water partition coefficient (Wildman–Crippen LogP) is 8.40. The quantitative estimate of drug-likeness (QED) is 0.110. The summed E-state index contributed by atoms with van der Waals surface area (Å²) >= 11 is 0. The number of fused-ring (bicyclic) bond motifs is 4. The molecule has 0 N–H and O–H groups in total. The molecule has 0 aliphatic heterocycles. The summed E-state index contributed by atoms with van der Waals surface area (Å²) in [6, 6.07) is 29.8. The van der Waals surface area contributed by atoms with Gasteiger partial charge in [-0.1, -0.05) is 68.4 Å². The van der Waals surface area contributed by atoms with Crippen LogP contribution in [-0.4, -0.2) is 11.0 Å². The largest absolute Gasteiger partial charge is 0.332 e. The maximum atomic E-state index is 13.6. The van der Waals surface area contributed by atoms with E-state index in [4.69, 9.17) is 4.98 Å². The van der Waals surface area contributed by atoms with E-state index in [2.05, 4.69) is 68.4 Å². The third-order valence-corrected chi connectivity index (χ3v) is 6.61. The number of nitrogens with zero attached hydrogens (tertiary/aromatic N) is 1. The Kier molecular flexibility index (Phi) is 6.26. The number of hydrogen-bond acceptors (Lipinski definition) is 2. The zero-order chi connectivity index (χ0) is 24.1. The molecule has 0 aliphatic carbocycles. The van der Waals surface area contributed by atoms with Crippen LogP contribution in [0.1, 0.15) is 21.5 Å². The Bertz CT molecular complexity index is 1790. The summed E-state index contributed by atoms with van der Waals surface area (Å²) in [5.41, 5.74) is 6.29. The average molecular weight is 647 g/mol. The fraction of sp³-hybridized carbons (Fsp3) is 0.0625. The summed E-state index contributed by atoms with van der Waals surface area (Å²) < 4.78 is 13.6. The molecule has 2 nitrogen and oxygen atoms in total. The first-order chi connectivity index (χ1) is 17.0. The van der Waals surface area contributed by atoms with Gasteiger partial charge in [0.05, 0.1) is 5.56 Å². The minimum Gasteiger partial charge on any atom is -0.304 e. The van der Waals surface area contributed by atoms with E-state index in [0.717, 1.165) is 54.9 Å². The number of aromatic nitrogens is 1. The molecule has 177 valence electrons. The van der Waals surface area contributed by atoms with Crippen LogP contribution in [-0.2, 0) is 20.1 Å². The zero-order valence-corrected chi connectivity index (χ0v) is 22.1. The first-order valence-corrected chi connectivity index (χ1v) is 11.5. The van der Waals surface area contributed by atoms with Crippen LogP contribution in [0.2, 0.25) is 0 Å². The van der Waals surface area contributed by atoms with Gasteiger partial charge in [0.1, 0.15) is 0 Å². The number of carbonyl (C=O) groups excluding carboxylic acids is 1. The molecule has 6 aromatic rings. The molecule has 1 heterocycles. The SMILES string of the molecule is Cc1[c-]c(-c2nccc3c2ccc2cc(-c4ccc(C(=O)F)c5ccccc45)ccc23)cc(C)c1.[Ir]. The van der Waals surface area contributed by atoms with Gasteiger partial charge in [0.25, 0.3) is 0 Å². The van der Waals surface area contributed by atoms with Crippen molar-refractivity contribution in [3.63, 3.8) is 0 Å². The molecular weight excluding hydrogens is 626 g/mol. The van der Waals surface area contributed by atoms with Crippen LogP contribution >= 0.6 is 0 Å². The van der Waals surface area contributed by atoms with Crippen molar-refractivity contribution in [2.75, 3.05) is 0 Å². The first kappa shape index (κ1) is 24.0. The maximum absolute atomic E-state index is 13.6. The summed E-state index contributed by atoms with van der Waals surface area (Å²) in [5, 5.41) is 5.94. The molecule has 0 amide bonds. The number of rotatable bonds is 3. The second-order valence-electron chi connectivity index (χ2n) is 8.99. The molecule has 1 aromatic heterocycles. The number of aryl methyl sites for hydroxylation is 2. The summed E-state index contributed by atoms with van der Waals surface area (Å²) in [4.78, 5) is 16.2. The number of pyridine rings is 1. The van der Waals surface area contributed by atoms with Gasteiger partial charge in [-0.05, 0) is 67.3 Å². The van der Waals surface area contributed by atoms with E-state index in [9.17, 15) is 9.18 Å². The number of halogens is 1. The van der Waals surface area contributed by atoms with E-state index in [0.29, 0.717) is 5.39 Å². The third-order valence-electron chi connectivity index (χ3n) is 6.61. The summed E-state index contributed by atoms with van der Waals surface area (Å²) in [5.74, 6) is 0. The second-order valence-corrected chi connectivity index (χ2v) is 8.99. The Balaban J connectivity index is 0.00000267. The topological polar surface area (TPSA) is 30.0 Å². The van der Waals surface area contributed by atoms with Gasteiger partial charge in [0.2, 0.25) is 0 Å². The Labute approximate surface area is 222 Å². The van der Waals surface area contributed by atoms with Crippen molar-refractivity contribution in [3.05, 3.63) is 114 Å². The summed E-state index contributed by atoms with van der Waals surface area (Å²) in [7, 11) is 0. The normalized spacial score (nSPS) is 11.1. The van der Waals surface area contributed by atoms with Crippen molar-refractivity contribution in [1.29, 1.82) is 0 Å². The Morgan fingerprint density at radius 2 is 1.56 bits per heavy atom. The molecule has 6 rings (SSSR count). The smallest absolute Gasteiger partial charge is 0.304 e. The molecule has 5 aromatic carbocycles.